The van der Waals surface area contributed by atoms with Crippen LogP contribution < -0.4 is 14.9 Å². The molecular weight excluding hydrogens is 285 g/mol. The van der Waals surface area contributed by atoms with Gasteiger partial charge in [-0.15, -0.1) is 0 Å². The van der Waals surface area contributed by atoms with Gasteiger partial charge in [0.25, 0.3) is 0 Å². The number of methoxy groups -OCH3 is 1. The monoisotopic (exact) mass is 300 g/mol. The number of carbonyl (C=O) groups is 1. The van der Waals surface area contributed by atoms with Crippen LogP contribution in [-0.4, -0.2) is 36.7 Å². The number of Topliss-reactive ketones (excluding diaryl/α,β-unsaturated/α-hetero) is 1. The van der Waals surface area contributed by atoms with Crippen molar-refractivity contribution in [2.24, 2.45) is 5.92 Å². The lowest BCUT2D eigenvalue weighted by Gasteiger charge is -2.15. The minimum atomic E-state index is -3.13. The van der Waals surface area contributed by atoms with Crippen LogP contribution in [0, 0.1) is 5.92 Å². The normalized spacial score (nSPS) is 14.2. The minimum Gasteiger partial charge on any atom is -0.496 e. The second-order valence-electron chi connectivity index (χ2n) is 4.92. The van der Waals surface area contributed by atoms with Gasteiger partial charge in [-0.2, -0.15) is 8.78 Å². The molecule has 1 aromatic carbocycles. The number of hydrogen-bond donors (Lipinski definition) is 2. The van der Waals surface area contributed by atoms with Crippen molar-refractivity contribution in [3.8, 4) is 11.5 Å². The summed E-state index contributed by atoms with van der Waals surface area (Å²) >= 11 is 0. The average molecular weight is 300 g/mol. The van der Waals surface area contributed by atoms with Crippen LogP contribution in [0.2, 0.25) is 0 Å². The third-order valence-electron chi connectivity index (χ3n) is 3.27. The number of carbonyl (C=O) groups excluding carboxylic acids is 1. The van der Waals surface area contributed by atoms with Crippen molar-refractivity contribution in [3.05, 3.63) is 17.7 Å². The largest absolute Gasteiger partial charge is 0.496 e. The van der Waals surface area contributed by atoms with E-state index in [0.29, 0.717) is 0 Å². The molecule has 0 spiro atoms. The molecule has 0 saturated heterocycles. The van der Waals surface area contributed by atoms with Crippen molar-refractivity contribution in [2.45, 2.75) is 25.9 Å². The zero-order chi connectivity index (χ0) is 15.6. The lowest BCUT2D eigenvalue weighted by molar-refractivity contribution is -0.0502. The quantitative estimate of drug-likeness (QED) is 0.579. The summed E-state index contributed by atoms with van der Waals surface area (Å²) in [6.45, 7) is -3.13. The Labute approximate surface area is 120 Å². The van der Waals surface area contributed by atoms with Crippen molar-refractivity contribution < 1.29 is 33.1 Å². The van der Waals surface area contributed by atoms with E-state index in [1.165, 1.54) is 13.2 Å². The van der Waals surface area contributed by atoms with E-state index in [0.717, 1.165) is 18.9 Å². The second kappa shape index (κ2) is 6.40. The van der Waals surface area contributed by atoms with Crippen LogP contribution in [0.5, 0.6) is 11.5 Å². The van der Waals surface area contributed by atoms with Gasteiger partial charge < -0.3 is 19.5 Å². The summed E-state index contributed by atoms with van der Waals surface area (Å²) in [5.41, 5.74) is -0.181. The molecule has 0 heterocycles. The average Bonchev–Trinajstić information content (AvgIpc) is 3.20. The second-order valence-corrected chi connectivity index (χ2v) is 4.92. The Morgan fingerprint density at radius 1 is 1.38 bits per heavy atom. The van der Waals surface area contributed by atoms with Crippen LogP contribution in [0.1, 0.15) is 29.6 Å². The first-order chi connectivity index (χ1) is 9.92. The van der Waals surface area contributed by atoms with E-state index < -0.39 is 19.5 Å². The number of ether oxygens (including phenoxy) is 2. The minimum absolute atomic E-state index is 0.0121. The number of rotatable bonds is 7. The highest BCUT2D eigenvalue weighted by molar-refractivity contribution is 6.58. The molecular formula is C13H15BF2O5. The first-order valence-electron chi connectivity index (χ1n) is 6.48. The molecule has 2 N–H and O–H groups in total. The lowest BCUT2D eigenvalue weighted by Crippen LogP contribution is -2.30. The Bertz CT molecular complexity index is 532. The third kappa shape index (κ3) is 3.92. The fourth-order valence-corrected chi connectivity index (χ4v) is 2.07. The van der Waals surface area contributed by atoms with Crippen molar-refractivity contribution in [1.82, 2.24) is 0 Å². The molecule has 0 bridgehead atoms. The van der Waals surface area contributed by atoms with Gasteiger partial charge in [0.1, 0.15) is 17.1 Å². The molecule has 0 unspecified atom stereocenters. The molecule has 0 aromatic heterocycles. The zero-order valence-corrected chi connectivity index (χ0v) is 11.4. The van der Waals surface area contributed by atoms with E-state index in [1.807, 2.05) is 0 Å². The standard InChI is InChI=1S/C13H15BF2O5/c1-20-10-5-8(14(18)19)6-11(21-13(15)16)12(10)9(17)4-7-2-3-7/h5-7,13,18-19H,2-4H2,1H3. The predicted octanol–water partition coefficient (Wildman–Crippen LogP) is 0.959. The summed E-state index contributed by atoms with van der Waals surface area (Å²) < 4.78 is 34.4. The first-order valence-corrected chi connectivity index (χ1v) is 6.48. The Balaban J connectivity index is 2.44. The van der Waals surface area contributed by atoms with Gasteiger partial charge in [-0.25, -0.2) is 0 Å². The molecule has 1 saturated carbocycles. The number of hydrogen-bond acceptors (Lipinski definition) is 5. The fraction of sp³-hybridized carbons (Fsp3) is 0.462. The molecule has 0 atom stereocenters. The molecule has 21 heavy (non-hydrogen) atoms. The van der Waals surface area contributed by atoms with E-state index in [9.17, 15) is 13.6 Å². The maximum atomic E-state index is 12.5. The van der Waals surface area contributed by atoms with E-state index >= 15 is 0 Å². The van der Waals surface area contributed by atoms with Crippen molar-refractivity contribution >= 4 is 18.4 Å². The van der Waals surface area contributed by atoms with Crippen LogP contribution in [0.15, 0.2) is 12.1 Å². The topological polar surface area (TPSA) is 76.0 Å². The molecule has 1 aliphatic carbocycles. The lowest BCUT2D eigenvalue weighted by atomic mass is 9.79. The number of ketones is 1. The molecule has 0 amide bonds. The zero-order valence-electron chi connectivity index (χ0n) is 11.4. The maximum absolute atomic E-state index is 12.5. The highest BCUT2D eigenvalue weighted by Crippen LogP contribution is 2.37. The Hall–Kier alpha value is -1.67. The Morgan fingerprint density at radius 2 is 2.00 bits per heavy atom. The van der Waals surface area contributed by atoms with Crippen LogP contribution in [0.3, 0.4) is 0 Å². The van der Waals surface area contributed by atoms with Gasteiger partial charge in [0, 0.05) is 6.42 Å². The summed E-state index contributed by atoms with van der Waals surface area (Å²) in [6, 6.07) is 2.24. The van der Waals surface area contributed by atoms with Gasteiger partial charge >= 0.3 is 13.7 Å². The first kappa shape index (κ1) is 15.7. The molecule has 1 aliphatic rings. The van der Waals surface area contributed by atoms with E-state index in [1.54, 1.807) is 0 Å². The van der Waals surface area contributed by atoms with Gasteiger partial charge in [-0.3, -0.25) is 4.79 Å². The van der Waals surface area contributed by atoms with Crippen molar-refractivity contribution in [3.63, 3.8) is 0 Å². The molecule has 5 nitrogen and oxygen atoms in total. The number of alkyl halides is 2. The molecule has 0 radical (unpaired) electrons. The summed E-state index contributed by atoms with van der Waals surface area (Å²) in [5, 5.41) is 18.3. The summed E-state index contributed by atoms with van der Waals surface area (Å²) in [6.07, 6.45) is 2.11. The fourth-order valence-electron chi connectivity index (χ4n) is 2.07. The number of halogens is 2. The highest BCUT2D eigenvalue weighted by atomic mass is 19.3. The Kier molecular flexibility index (Phi) is 4.79. The van der Waals surface area contributed by atoms with Gasteiger partial charge in [0.2, 0.25) is 0 Å². The van der Waals surface area contributed by atoms with E-state index in [2.05, 4.69) is 4.74 Å². The van der Waals surface area contributed by atoms with Crippen LogP contribution >= 0.6 is 0 Å². The number of benzene rings is 1. The smallest absolute Gasteiger partial charge is 0.488 e. The van der Waals surface area contributed by atoms with Crippen molar-refractivity contribution in [1.29, 1.82) is 0 Å². The molecule has 0 aliphatic heterocycles. The predicted molar refractivity (Wildman–Crippen MR) is 71.1 cm³/mol. The summed E-state index contributed by atoms with van der Waals surface area (Å²) in [4.78, 5) is 12.2. The van der Waals surface area contributed by atoms with E-state index in [-0.39, 0.29) is 34.9 Å². The van der Waals surface area contributed by atoms with Gasteiger partial charge in [0.05, 0.1) is 7.11 Å². The Morgan fingerprint density at radius 3 is 2.48 bits per heavy atom. The van der Waals surface area contributed by atoms with Gasteiger partial charge in [-0.1, -0.05) is 0 Å². The van der Waals surface area contributed by atoms with Gasteiger partial charge in [-0.05, 0) is 36.4 Å². The van der Waals surface area contributed by atoms with Crippen molar-refractivity contribution in [2.75, 3.05) is 7.11 Å². The molecule has 8 heteroatoms. The summed E-state index contributed by atoms with van der Waals surface area (Å²) in [7, 11) is -0.616. The molecule has 1 fully saturated rings. The SMILES string of the molecule is COc1cc(B(O)O)cc(OC(F)F)c1C(=O)CC1CC1. The summed E-state index contributed by atoms with van der Waals surface area (Å²) in [5.74, 6) is -0.506. The van der Waals surface area contributed by atoms with Crippen LogP contribution in [-0.2, 0) is 0 Å². The molecule has 1 aromatic rings. The molecule has 2 rings (SSSR count). The van der Waals surface area contributed by atoms with E-state index in [4.69, 9.17) is 14.8 Å². The molecule has 114 valence electrons. The maximum Gasteiger partial charge on any atom is 0.488 e. The third-order valence-corrected chi connectivity index (χ3v) is 3.27. The van der Waals surface area contributed by atoms with Crippen LogP contribution in [0.4, 0.5) is 8.78 Å². The van der Waals surface area contributed by atoms with Crippen LogP contribution in [0.25, 0.3) is 0 Å². The highest BCUT2D eigenvalue weighted by Gasteiger charge is 2.30. The van der Waals surface area contributed by atoms with Gasteiger partial charge in [0.15, 0.2) is 5.78 Å².